The molecule has 1 aliphatic rings. The third kappa shape index (κ3) is 4.69. The van der Waals surface area contributed by atoms with Crippen molar-refractivity contribution in [1.29, 1.82) is 0 Å². The highest BCUT2D eigenvalue weighted by atomic mass is 32.2. The summed E-state index contributed by atoms with van der Waals surface area (Å²) < 4.78 is 31.9. The molecule has 4 nitrogen and oxygen atoms in total. The maximum absolute atomic E-state index is 13.4. The maximum Gasteiger partial charge on any atom is 0.125 e. The van der Waals surface area contributed by atoms with Crippen molar-refractivity contribution < 1.29 is 13.3 Å². The highest BCUT2D eigenvalue weighted by Gasteiger charge is 2.22. The van der Waals surface area contributed by atoms with Crippen molar-refractivity contribution in [1.82, 2.24) is 10.2 Å². The van der Waals surface area contributed by atoms with Gasteiger partial charge in [-0.2, -0.15) is 0 Å². The Morgan fingerprint density at radius 3 is 2.81 bits per heavy atom. The van der Waals surface area contributed by atoms with Gasteiger partial charge in [0.1, 0.15) is 11.6 Å². The van der Waals surface area contributed by atoms with Crippen LogP contribution >= 0.6 is 0 Å². The maximum atomic E-state index is 13.4. The molecule has 0 saturated carbocycles. The largest absolute Gasteiger partial charge is 0.493 e. The van der Waals surface area contributed by atoms with E-state index in [1.807, 2.05) is 18.2 Å². The van der Waals surface area contributed by atoms with Crippen molar-refractivity contribution in [2.24, 2.45) is 0 Å². The first kappa shape index (κ1) is 19.0. The second-order valence-corrected chi connectivity index (χ2v) is 8.21. The van der Waals surface area contributed by atoms with E-state index in [2.05, 4.69) is 24.3 Å². The molecule has 1 heterocycles. The number of ether oxygens (including phenoxy) is 1. The third-order valence-corrected chi connectivity index (χ3v) is 5.79. The summed E-state index contributed by atoms with van der Waals surface area (Å²) in [6.07, 6.45) is 2.00. The summed E-state index contributed by atoms with van der Waals surface area (Å²) in [5.74, 6) is 0.385. The lowest BCUT2D eigenvalue weighted by Gasteiger charge is -2.27. The Bertz CT molecular complexity index is 782. The minimum absolute atomic E-state index is 0.248. The lowest BCUT2D eigenvalue weighted by atomic mass is 10.0. The van der Waals surface area contributed by atoms with Crippen LogP contribution < -0.4 is 10.1 Å². The van der Waals surface area contributed by atoms with Crippen LogP contribution in [-0.2, 0) is 10.8 Å². The first-order valence-corrected chi connectivity index (χ1v) is 10.0. The molecule has 26 heavy (non-hydrogen) atoms. The van der Waals surface area contributed by atoms with E-state index in [1.165, 1.54) is 12.1 Å². The minimum Gasteiger partial charge on any atom is -0.493 e. The summed E-state index contributed by atoms with van der Waals surface area (Å²) in [5, 5.41) is 3.59. The van der Waals surface area contributed by atoms with Crippen LogP contribution in [0.4, 0.5) is 4.39 Å². The smallest absolute Gasteiger partial charge is 0.125 e. The molecule has 0 spiro atoms. The molecule has 0 fully saturated rings. The van der Waals surface area contributed by atoms with Gasteiger partial charge in [0.2, 0.25) is 0 Å². The summed E-state index contributed by atoms with van der Waals surface area (Å²) in [6, 6.07) is 11.8. The zero-order chi connectivity index (χ0) is 18.5. The normalized spacial score (nSPS) is 17.6. The molecule has 2 unspecified atom stereocenters. The summed E-state index contributed by atoms with van der Waals surface area (Å²) in [6.45, 7) is 2.63. The van der Waals surface area contributed by atoms with Crippen LogP contribution in [0.3, 0.4) is 0 Å². The van der Waals surface area contributed by atoms with Gasteiger partial charge in [-0.3, -0.25) is 0 Å². The first-order valence-electron chi connectivity index (χ1n) is 8.87. The van der Waals surface area contributed by atoms with Crippen LogP contribution in [0.2, 0.25) is 0 Å². The van der Waals surface area contributed by atoms with Gasteiger partial charge in [0.25, 0.3) is 0 Å². The topological polar surface area (TPSA) is 41.6 Å². The molecule has 3 rings (SSSR count). The van der Waals surface area contributed by atoms with Crippen LogP contribution in [0.15, 0.2) is 52.3 Å². The zero-order valence-corrected chi connectivity index (χ0v) is 16.0. The average molecular weight is 376 g/mol. The number of benzene rings is 2. The van der Waals surface area contributed by atoms with Gasteiger partial charge in [0.05, 0.1) is 17.4 Å². The van der Waals surface area contributed by atoms with Gasteiger partial charge in [-0.25, -0.2) is 8.60 Å². The van der Waals surface area contributed by atoms with E-state index in [1.54, 1.807) is 12.1 Å². The Labute approximate surface area is 156 Å². The lowest BCUT2D eigenvalue weighted by molar-refractivity contribution is 0.250. The molecule has 6 heteroatoms. The fourth-order valence-electron chi connectivity index (χ4n) is 3.09. The Morgan fingerprint density at radius 1 is 1.23 bits per heavy atom. The van der Waals surface area contributed by atoms with Crippen molar-refractivity contribution in [3.8, 4) is 5.75 Å². The molecule has 0 aromatic heterocycles. The van der Waals surface area contributed by atoms with Crippen LogP contribution in [0.25, 0.3) is 0 Å². The molecule has 1 N–H and O–H groups in total. The Morgan fingerprint density at radius 2 is 2.04 bits per heavy atom. The summed E-state index contributed by atoms with van der Waals surface area (Å²) in [5.41, 5.74) is 1.10. The Hall–Kier alpha value is -1.76. The molecular weight excluding hydrogens is 351 g/mol. The third-order valence-electron chi connectivity index (χ3n) is 4.42. The van der Waals surface area contributed by atoms with E-state index in [-0.39, 0.29) is 11.9 Å². The highest BCUT2D eigenvalue weighted by molar-refractivity contribution is 7.85. The number of fused-ring (bicyclic) bond motifs is 1. The lowest BCUT2D eigenvalue weighted by Crippen LogP contribution is -2.29. The molecule has 0 radical (unpaired) electrons. The van der Waals surface area contributed by atoms with Gasteiger partial charge in [0, 0.05) is 27.8 Å². The fourth-order valence-corrected chi connectivity index (χ4v) is 4.19. The quantitative estimate of drug-likeness (QED) is 0.753. The van der Waals surface area contributed by atoms with E-state index in [4.69, 9.17) is 4.74 Å². The number of hydrogen-bond acceptors (Lipinski definition) is 4. The van der Waals surface area contributed by atoms with Crippen molar-refractivity contribution in [2.45, 2.75) is 28.7 Å². The molecule has 140 valence electrons. The van der Waals surface area contributed by atoms with Crippen molar-refractivity contribution in [3.63, 3.8) is 0 Å². The predicted molar refractivity (Wildman–Crippen MR) is 102 cm³/mol. The van der Waals surface area contributed by atoms with E-state index < -0.39 is 10.8 Å². The molecular formula is C20H25FN2O2S. The fraction of sp³-hybridized carbons (Fsp3) is 0.400. The summed E-state index contributed by atoms with van der Waals surface area (Å²) >= 11 is 0. The van der Waals surface area contributed by atoms with Gasteiger partial charge < -0.3 is 15.0 Å². The van der Waals surface area contributed by atoms with Crippen LogP contribution in [-0.4, -0.2) is 42.9 Å². The molecule has 1 aliphatic heterocycles. The number of nitrogens with zero attached hydrogens (tertiary/aromatic N) is 1. The Kier molecular flexibility index (Phi) is 6.40. The van der Waals surface area contributed by atoms with E-state index in [9.17, 15) is 8.60 Å². The molecule has 0 bridgehead atoms. The van der Waals surface area contributed by atoms with Crippen molar-refractivity contribution in [2.75, 3.05) is 33.8 Å². The monoisotopic (exact) mass is 376 g/mol. The second kappa shape index (κ2) is 8.75. The number of hydrogen-bond donors (Lipinski definition) is 1. The van der Waals surface area contributed by atoms with E-state index in [0.717, 1.165) is 37.2 Å². The van der Waals surface area contributed by atoms with Gasteiger partial charge in [-0.15, -0.1) is 0 Å². The standard InChI is InChI=1S/C20H25FN2O2S/c1-23(2)11-4-10-22-19-9-12-25-20-14-17(7-8-18(19)20)26(24)16-6-3-5-15(21)13-16/h3,5-8,13-14,19,22H,4,9-12H2,1-2H3. The average Bonchev–Trinajstić information content (AvgIpc) is 2.64. The molecule has 0 aliphatic carbocycles. The van der Waals surface area contributed by atoms with Gasteiger partial charge in [0.15, 0.2) is 0 Å². The summed E-state index contributed by atoms with van der Waals surface area (Å²) in [7, 11) is 2.72. The highest BCUT2D eigenvalue weighted by Crippen LogP contribution is 2.34. The molecule has 0 amide bonds. The molecule has 2 atom stereocenters. The van der Waals surface area contributed by atoms with Crippen LogP contribution in [0.5, 0.6) is 5.75 Å². The minimum atomic E-state index is -1.42. The number of nitrogens with one attached hydrogen (secondary N) is 1. The molecule has 2 aromatic carbocycles. The predicted octanol–water partition coefficient (Wildman–Crippen LogP) is 3.36. The van der Waals surface area contributed by atoms with Crippen molar-refractivity contribution >= 4 is 10.8 Å². The second-order valence-electron chi connectivity index (χ2n) is 6.73. The van der Waals surface area contributed by atoms with Crippen LogP contribution in [0.1, 0.15) is 24.4 Å². The first-order chi connectivity index (χ1) is 12.5. The summed E-state index contributed by atoms with van der Waals surface area (Å²) in [4.78, 5) is 3.26. The van der Waals surface area contributed by atoms with E-state index >= 15 is 0 Å². The molecule has 2 aromatic rings. The van der Waals surface area contributed by atoms with Crippen molar-refractivity contribution in [3.05, 3.63) is 53.8 Å². The molecule has 0 saturated heterocycles. The number of rotatable bonds is 7. The Balaban J connectivity index is 1.72. The van der Waals surface area contributed by atoms with Crippen LogP contribution in [0, 0.1) is 5.82 Å². The SMILES string of the molecule is CN(C)CCCNC1CCOc2cc(S(=O)c3cccc(F)c3)ccc21. The number of halogens is 1. The van der Waals surface area contributed by atoms with Gasteiger partial charge in [-0.1, -0.05) is 12.1 Å². The van der Waals surface area contributed by atoms with Gasteiger partial charge >= 0.3 is 0 Å². The van der Waals surface area contributed by atoms with Gasteiger partial charge in [-0.05, 0) is 63.9 Å². The van der Waals surface area contributed by atoms with E-state index in [0.29, 0.717) is 16.4 Å². The zero-order valence-electron chi connectivity index (χ0n) is 15.2.